The number of aromatic hydroxyl groups is 2. The lowest BCUT2D eigenvalue weighted by molar-refractivity contribution is 0.472. The van der Waals surface area contributed by atoms with Crippen molar-refractivity contribution < 1.29 is 10.2 Å². The lowest BCUT2D eigenvalue weighted by Crippen LogP contribution is -2.11. The Morgan fingerprint density at radius 2 is 1.67 bits per heavy atom. The summed E-state index contributed by atoms with van der Waals surface area (Å²) in [7, 11) is 0. The van der Waals surface area contributed by atoms with Crippen LogP contribution in [0.4, 0.5) is 5.69 Å². The van der Waals surface area contributed by atoms with E-state index in [0.29, 0.717) is 16.3 Å². The number of hydrogen-bond donors (Lipinski definition) is 2. The lowest BCUT2D eigenvalue weighted by atomic mass is 9.86. The molecule has 0 saturated heterocycles. The average molecular weight is 304 g/mol. The second-order valence-electron chi connectivity index (χ2n) is 5.91. The van der Waals surface area contributed by atoms with Gasteiger partial charge in [0.25, 0.3) is 0 Å². The van der Waals surface area contributed by atoms with Gasteiger partial charge in [-0.25, -0.2) is 0 Å². The zero-order valence-electron chi connectivity index (χ0n) is 12.3. The van der Waals surface area contributed by atoms with E-state index in [1.165, 1.54) is 12.3 Å². The Morgan fingerprint density at radius 3 is 2.33 bits per heavy atom. The van der Waals surface area contributed by atoms with Gasteiger partial charge in [0.05, 0.1) is 0 Å². The molecule has 21 heavy (non-hydrogen) atoms. The SMILES string of the molecule is CC(C)(C)c1ccc(O)c(/C=N/c2cc(Cl)ccc2O)c1. The third-order valence-corrected chi connectivity index (χ3v) is 3.41. The van der Waals surface area contributed by atoms with E-state index in [2.05, 4.69) is 25.8 Å². The van der Waals surface area contributed by atoms with Crippen molar-refractivity contribution in [3.63, 3.8) is 0 Å². The van der Waals surface area contributed by atoms with Gasteiger partial charge < -0.3 is 10.2 Å². The molecule has 4 heteroatoms. The molecule has 0 saturated carbocycles. The van der Waals surface area contributed by atoms with Crippen molar-refractivity contribution >= 4 is 23.5 Å². The Labute approximate surface area is 129 Å². The van der Waals surface area contributed by atoms with Gasteiger partial charge in [0.15, 0.2) is 0 Å². The summed E-state index contributed by atoms with van der Waals surface area (Å²) in [6.45, 7) is 6.30. The Balaban J connectivity index is 2.39. The van der Waals surface area contributed by atoms with Crippen molar-refractivity contribution in [3.8, 4) is 11.5 Å². The molecule has 3 nitrogen and oxygen atoms in total. The molecule has 0 aromatic heterocycles. The van der Waals surface area contributed by atoms with Gasteiger partial charge in [-0.2, -0.15) is 0 Å². The second-order valence-corrected chi connectivity index (χ2v) is 6.35. The molecule has 0 radical (unpaired) electrons. The maximum Gasteiger partial charge on any atom is 0.141 e. The first-order valence-corrected chi connectivity index (χ1v) is 7.01. The molecule has 0 unspecified atom stereocenters. The predicted molar refractivity (Wildman–Crippen MR) is 87.2 cm³/mol. The van der Waals surface area contributed by atoms with Gasteiger partial charge in [-0.3, -0.25) is 4.99 Å². The van der Waals surface area contributed by atoms with Crippen molar-refractivity contribution in [1.29, 1.82) is 0 Å². The molecule has 0 aliphatic carbocycles. The minimum atomic E-state index is -0.0194. The molecule has 0 spiro atoms. The van der Waals surface area contributed by atoms with E-state index >= 15 is 0 Å². The molecule has 0 fully saturated rings. The lowest BCUT2D eigenvalue weighted by Gasteiger charge is -2.19. The van der Waals surface area contributed by atoms with Crippen LogP contribution in [0.5, 0.6) is 11.5 Å². The van der Waals surface area contributed by atoms with Crippen LogP contribution in [0.2, 0.25) is 5.02 Å². The van der Waals surface area contributed by atoms with Crippen LogP contribution < -0.4 is 0 Å². The highest BCUT2D eigenvalue weighted by Crippen LogP contribution is 2.30. The van der Waals surface area contributed by atoms with Crippen LogP contribution in [0.3, 0.4) is 0 Å². The highest BCUT2D eigenvalue weighted by molar-refractivity contribution is 6.30. The van der Waals surface area contributed by atoms with Crippen molar-refractivity contribution in [3.05, 3.63) is 52.5 Å². The van der Waals surface area contributed by atoms with E-state index in [-0.39, 0.29) is 16.9 Å². The zero-order chi connectivity index (χ0) is 15.6. The summed E-state index contributed by atoms with van der Waals surface area (Å²) in [6.07, 6.45) is 1.52. The molecule has 0 aliphatic rings. The number of benzene rings is 2. The molecule has 0 atom stereocenters. The Bertz CT molecular complexity index is 688. The van der Waals surface area contributed by atoms with Crippen molar-refractivity contribution in [1.82, 2.24) is 0 Å². The molecule has 0 bridgehead atoms. The maximum atomic E-state index is 9.92. The van der Waals surface area contributed by atoms with Crippen LogP contribution in [0.25, 0.3) is 0 Å². The highest BCUT2D eigenvalue weighted by atomic mass is 35.5. The van der Waals surface area contributed by atoms with E-state index in [9.17, 15) is 10.2 Å². The fourth-order valence-corrected chi connectivity index (χ4v) is 2.03. The van der Waals surface area contributed by atoms with E-state index in [4.69, 9.17) is 11.6 Å². The minimum Gasteiger partial charge on any atom is -0.507 e. The summed E-state index contributed by atoms with van der Waals surface area (Å²) in [5.74, 6) is 0.190. The third-order valence-electron chi connectivity index (χ3n) is 3.17. The van der Waals surface area contributed by atoms with Crippen LogP contribution in [-0.4, -0.2) is 16.4 Å². The number of rotatable bonds is 2. The largest absolute Gasteiger partial charge is 0.507 e. The first-order valence-electron chi connectivity index (χ1n) is 6.63. The number of aliphatic imine (C=N–C) groups is 1. The van der Waals surface area contributed by atoms with Gasteiger partial charge in [0, 0.05) is 16.8 Å². The normalized spacial score (nSPS) is 12.0. The molecule has 2 N–H and O–H groups in total. The molecule has 110 valence electrons. The minimum absolute atomic E-state index is 0.0194. The number of nitrogens with zero attached hydrogens (tertiary/aromatic N) is 1. The number of phenolic OH excluding ortho intramolecular Hbond substituents is 2. The highest BCUT2D eigenvalue weighted by Gasteiger charge is 2.14. The third kappa shape index (κ3) is 3.76. The Kier molecular flexibility index (Phi) is 4.24. The van der Waals surface area contributed by atoms with Crippen LogP contribution in [0, 0.1) is 0 Å². The van der Waals surface area contributed by atoms with Crippen molar-refractivity contribution in [2.75, 3.05) is 0 Å². The summed E-state index contributed by atoms with van der Waals surface area (Å²) in [5.41, 5.74) is 2.04. The van der Waals surface area contributed by atoms with Gasteiger partial charge in [-0.05, 0) is 41.3 Å². The van der Waals surface area contributed by atoms with E-state index in [1.807, 2.05) is 12.1 Å². The standard InChI is InChI=1S/C17H18ClNO2/c1-17(2,3)12-4-6-15(20)11(8-12)10-19-14-9-13(18)5-7-16(14)21/h4-10,20-21H,1-3H3/b19-10+. The van der Waals surface area contributed by atoms with Crippen LogP contribution in [-0.2, 0) is 5.41 Å². The number of halogens is 1. The summed E-state index contributed by atoms with van der Waals surface area (Å²) in [4.78, 5) is 4.20. The molecule has 0 amide bonds. The smallest absolute Gasteiger partial charge is 0.141 e. The molecular formula is C17H18ClNO2. The maximum absolute atomic E-state index is 9.92. The molecule has 0 aliphatic heterocycles. The molecular weight excluding hydrogens is 286 g/mol. The molecule has 2 aromatic rings. The fraction of sp³-hybridized carbons (Fsp3) is 0.235. The van der Waals surface area contributed by atoms with Gasteiger partial charge in [0.2, 0.25) is 0 Å². The van der Waals surface area contributed by atoms with Crippen LogP contribution in [0.1, 0.15) is 31.9 Å². The van der Waals surface area contributed by atoms with Gasteiger partial charge in [0.1, 0.15) is 17.2 Å². The second kappa shape index (κ2) is 5.78. The summed E-state index contributed by atoms with van der Waals surface area (Å²) in [6, 6.07) is 10.1. The fourth-order valence-electron chi connectivity index (χ4n) is 1.86. The number of hydrogen-bond acceptors (Lipinski definition) is 3. The Morgan fingerprint density at radius 1 is 1.00 bits per heavy atom. The van der Waals surface area contributed by atoms with Crippen molar-refractivity contribution in [2.45, 2.75) is 26.2 Å². The molecule has 2 rings (SSSR count). The number of phenols is 2. The topological polar surface area (TPSA) is 52.8 Å². The van der Waals surface area contributed by atoms with Crippen LogP contribution in [0.15, 0.2) is 41.4 Å². The quantitative estimate of drug-likeness (QED) is 0.783. The van der Waals surface area contributed by atoms with Gasteiger partial charge in [-0.1, -0.05) is 38.4 Å². The molecule has 0 heterocycles. The average Bonchev–Trinajstić information content (AvgIpc) is 2.40. The first kappa shape index (κ1) is 15.4. The predicted octanol–water partition coefficient (Wildman–Crippen LogP) is 4.80. The zero-order valence-corrected chi connectivity index (χ0v) is 13.0. The van der Waals surface area contributed by atoms with E-state index in [0.717, 1.165) is 5.56 Å². The van der Waals surface area contributed by atoms with E-state index in [1.54, 1.807) is 18.2 Å². The molecule has 2 aromatic carbocycles. The summed E-state index contributed by atoms with van der Waals surface area (Å²) in [5, 5.41) is 20.1. The summed E-state index contributed by atoms with van der Waals surface area (Å²) >= 11 is 5.88. The Hall–Kier alpha value is -2.00. The van der Waals surface area contributed by atoms with Gasteiger partial charge in [-0.15, -0.1) is 0 Å². The van der Waals surface area contributed by atoms with Crippen molar-refractivity contribution in [2.24, 2.45) is 4.99 Å². The first-order chi connectivity index (χ1) is 9.77. The monoisotopic (exact) mass is 303 g/mol. The summed E-state index contributed by atoms with van der Waals surface area (Å²) < 4.78 is 0. The van der Waals surface area contributed by atoms with Crippen LogP contribution >= 0.6 is 11.6 Å². The van der Waals surface area contributed by atoms with E-state index < -0.39 is 0 Å². The van der Waals surface area contributed by atoms with Gasteiger partial charge >= 0.3 is 0 Å².